The predicted molar refractivity (Wildman–Crippen MR) is 86.9 cm³/mol. The van der Waals surface area contributed by atoms with Crippen molar-refractivity contribution in [2.24, 2.45) is 0 Å². The van der Waals surface area contributed by atoms with Gasteiger partial charge in [0.25, 0.3) is 0 Å². The molecule has 2 unspecified atom stereocenters. The Labute approximate surface area is 135 Å². The molecular formula is C17H22N2O4. The van der Waals surface area contributed by atoms with Crippen molar-refractivity contribution >= 4 is 17.0 Å². The average Bonchev–Trinajstić information content (AvgIpc) is 2.49. The Morgan fingerprint density at radius 2 is 2.00 bits per heavy atom. The molecule has 6 nitrogen and oxygen atoms in total. The van der Waals surface area contributed by atoms with Gasteiger partial charge in [-0.2, -0.15) is 0 Å². The number of rotatable bonds is 4. The minimum Gasteiger partial charge on any atom is -0.444 e. The van der Waals surface area contributed by atoms with Crippen molar-refractivity contribution in [3.63, 3.8) is 0 Å². The molecule has 3 N–H and O–H groups in total. The first kappa shape index (κ1) is 17.2. The number of benzene rings is 1. The van der Waals surface area contributed by atoms with E-state index in [1.165, 1.54) is 0 Å². The molecule has 124 valence electrons. The highest BCUT2D eigenvalue weighted by molar-refractivity contribution is 5.82. The van der Waals surface area contributed by atoms with Crippen molar-refractivity contribution in [2.75, 3.05) is 6.54 Å². The van der Waals surface area contributed by atoms with E-state index in [0.29, 0.717) is 5.56 Å². The molecule has 23 heavy (non-hydrogen) atoms. The number of pyridine rings is 1. The van der Waals surface area contributed by atoms with Crippen LogP contribution in [0.5, 0.6) is 0 Å². The van der Waals surface area contributed by atoms with Gasteiger partial charge in [-0.15, -0.1) is 0 Å². The monoisotopic (exact) mass is 318 g/mol. The average molecular weight is 318 g/mol. The van der Waals surface area contributed by atoms with Crippen LogP contribution in [0.2, 0.25) is 0 Å². The fourth-order valence-corrected chi connectivity index (χ4v) is 2.21. The summed E-state index contributed by atoms with van der Waals surface area (Å²) >= 11 is 0. The topological polar surface area (TPSA) is 91.7 Å². The van der Waals surface area contributed by atoms with Gasteiger partial charge in [-0.25, -0.2) is 4.79 Å². The Hall–Kier alpha value is -2.18. The summed E-state index contributed by atoms with van der Waals surface area (Å²) in [6.45, 7) is 5.13. The number of nitrogens with one attached hydrogen (secondary N) is 1. The molecule has 0 saturated carbocycles. The van der Waals surface area contributed by atoms with Crippen LogP contribution in [0.4, 0.5) is 4.79 Å². The summed E-state index contributed by atoms with van der Waals surface area (Å²) in [6, 6.07) is 8.92. The van der Waals surface area contributed by atoms with E-state index in [4.69, 9.17) is 4.74 Å². The molecule has 1 aromatic heterocycles. The Kier molecular flexibility index (Phi) is 5.18. The van der Waals surface area contributed by atoms with Gasteiger partial charge in [0.15, 0.2) is 0 Å². The van der Waals surface area contributed by atoms with Crippen molar-refractivity contribution < 1.29 is 19.7 Å². The first-order chi connectivity index (χ1) is 10.8. The number of nitrogens with zero attached hydrogens (tertiary/aromatic N) is 1. The lowest BCUT2D eigenvalue weighted by molar-refractivity contribution is 0.0136. The normalized spacial score (nSPS) is 14.3. The van der Waals surface area contributed by atoms with Gasteiger partial charge in [0.1, 0.15) is 17.8 Å². The minimum atomic E-state index is -1.16. The molecule has 0 saturated heterocycles. The first-order valence-electron chi connectivity index (χ1n) is 7.44. The molecular weight excluding hydrogens is 296 g/mol. The van der Waals surface area contributed by atoms with Crippen molar-refractivity contribution in [1.29, 1.82) is 0 Å². The van der Waals surface area contributed by atoms with E-state index in [-0.39, 0.29) is 6.54 Å². The van der Waals surface area contributed by atoms with Crippen LogP contribution in [0, 0.1) is 0 Å². The third-order valence-electron chi connectivity index (χ3n) is 3.22. The second-order valence-corrected chi connectivity index (χ2v) is 6.31. The van der Waals surface area contributed by atoms with Gasteiger partial charge >= 0.3 is 6.09 Å². The van der Waals surface area contributed by atoms with Crippen LogP contribution < -0.4 is 5.32 Å². The number of fused-ring (bicyclic) bond motifs is 1. The maximum Gasteiger partial charge on any atom is 0.407 e. The van der Waals surface area contributed by atoms with Gasteiger partial charge in [-0.1, -0.05) is 18.2 Å². The summed E-state index contributed by atoms with van der Waals surface area (Å²) in [6.07, 6.45) is -1.27. The highest BCUT2D eigenvalue weighted by atomic mass is 16.6. The Morgan fingerprint density at radius 3 is 2.70 bits per heavy atom. The smallest absolute Gasteiger partial charge is 0.407 e. The van der Waals surface area contributed by atoms with E-state index in [2.05, 4.69) is 10.3 Å². The third-order valence-corrected chi connectivity index (χ3v) is 3.22. The summed E-state index contributed by atoms with van der Waals surface area (Å²) < 4.78 is 5.09. The van der Waals surface area contributed by atoms with Crippen molar-refractivity contribution in [3.8, 4) is 0 Å². The Morgan fingerprint density at radius 1 is 1.26 bits per heavy atom. The Balaban J connectivity index is 2.04. The second-order valence-electron chi connectivity index (χ2n) is 6.31. The quantitative estimate of drug-likeness (QED) is 0.803. The first-order valence-corrected chi connectivity index (χ1v) is 7.44. The zero-order chi connectivity index (χ0) is 17.0. The minimum absolute atomic E-state index is 0.118. The van der Waals surface area contributed by atoms with E-state index in [1.54, 1.807) is 45.2 Å². The highest BCUT2D eigenvalue weighted by Gasteiger charge is 2.22. The van der Waals surface area contributed by atoms with E-state index >= 15 is 0 Å². The van der Waals surface area contributed by atoms with Crippen LogP contribution in [0.3, 0.4) is 0 Å². The van der Waals surface area contributed by atoms with Crippen molar-refractivity contribution in [3.05, 3.63) is 42.1 Å². The maximum absolute atomic E-state index is 11.6. The zero-order valence-electron chi connectivity index (χ0n) is 13.5. The van der Waals surface area contributed by atoms with E-state index < -0.39 is 23.9 Å². The molecule has 1 amide bonds. The van der Waals surface area contributed by atoms with Crippen molar-refractivity contribution in [1.82, 2.24) is 10.3 Å². The lowest BCUT2D eigenvalue weighted by Crippen LogP contribution is -2.38. The zero-order valence-corrected chi connectivity index (χ0v) is 13.5. The number of carbonyl (C=O) groups is 1. The van der Waals surface area contributed by atoms with Crippen LogP contribution in [-0.2, 0) is 4.74 Å². The summed E-state index contributed by atoms with van der Waals surface area (Å²) in [4.78, 5) is 15.8. The molecule has 1 heterocycles. The molecule has 0 fully saturated rings. The molecule has 0 aliphatic carbocycles. The number of hydrogen-bond donors (Lipinski definition) is 3. The lowest BCUT2D eigenvalue weighted by Gasteiger charge is -2.22. The third kappa shape index (κ3) is 4.64. The summed E-state index contributed by atoms with van der Waals surface area (Å²) in [7, 11) is 0. The number of aliphatic hydroxyl groups excluding tert-OH is 2. The summed E-state index contributed by atoms with van der Waals surface area (Å²) in [5.41, 5.74) is 0.681. The second kappa shape index (κ2) is 6.93. The van der Waals surface area contributed by atoms with Crippen LogP contribution in [0.15, 0.2) is 36.5 Å². The van der Waals surface area contributed by atoms with Gasteiger partial charge < -0.3 is 20.3 Å². The van der Waals surface area contributed by atoms with Crippen LogP contribution in [0.25, 0.3) is 10.9 Å². The van der Waals surface area contributed by atoms with Crippen LogP contribution in [0.1, 0.15) is 32.4 Å². The number of aromatic nitrogens is 1. The molecule has 0 aliphatic heterocycles. The van der Waals surface area contributed by atoms with Gasteiger partial charge in [0.05, 0.1) is 5.52 Å². The number of ether oxygens (including phenoxy) is 1. The van der Waals surface area contributed by atoms with Crippen molar-refractivity contribution in [2.45, 2.75) is 38.6 Å². The fourth-order valence-electron chi connectivity index (χ4n) is 2.21. The Bertz CT molecular complexity index is 676. The standard InChI is InChI=1S/C17H22N2O4/c1-17(2,3)23-16(22)19-10-14(20)15(21)12-6-4-8-13-11(12)7-5-9-18-13/h4-9,14-15,20-21H,10H2,1-3H3,(H,19,22). The SMILES string of the molecule is CC(C)(C)OC(=O)NCC(O)C(O)c1cccc2ncccc12. The molecule has 2 rings (SSSR count). The van der Waals surface area contributed by atoms with Gasteiger partial charge in [0, 0.05) is 18.1 Å². The summed E-state index contributed by atoms with van der Waals surface area (Å²) in [5, 5.41) is 23.7. The van der Waals surface area contributed by atoms with Gasteiger partial charge in [0.2, 0.25) is 0 Å². The number of amides is 1. The number of aliphatic hydroxyl groups is 2. The number of carbonyl (C=O) groups excluding carboxylic acids is 1. The molecule has 2 atom stereocenters. The lowest BCUT2D eigenvalue weighted by atomic mass is 9.99. The number of alkyl carbamates (subject to hydrolysis) is 1. The number of hydrogen-bond acceptors (Lipinski definition) is 5. The highest BCUT2D eigenvalue weighted by Crippen LogP contribution is 2.25. The fraction of sp³-hybridized carbons (Fsp3) is 0.412. The van der Waals surface area contributed by atoms with Gasteiger partial charge in [-0.05, 0) is 38.5 Å². The molecule has 6 heteroatoms. The maximum atomic E-state index is 11.6. The molecule has 0 spiro atoms. The molecule has 2 aromatic rings. The molecule has 0 bridgehead atoms. The van der Waals surface area contributed by atoms with Crippen LogP contribution >= 0.6 is 0 Å². The van der Waals surface area contributed by atoms with E-state index in [0.717, 1.165) is 10.9 Å². The van der Waals surface area contributed by atoms with Gasteiger partial charge in [-0.3, -0.25) is 4.98 Å². The van der Waals surface area contributed by atoms with E-state index in [1.807, 2.05) is 12.1 Å². The van der Waals surface area contributed by atoms with E-state index in [9.17, 15) is 15.0 Å². The molecule has 0 radical (unpaired) electrons. The van der Waals surface area contributed by atoms with Crippen LogP contribution in [-0.4, -0.2) is 39.5 Å². The molecule has 1 aromatic carbocycles. The summed E-state index contributed by atoms with van der Waals surface area (Å²) in [5.74, 6) is 0. The molecule has 0 aliphatic rings. The largest absolute Gasteiger partial charge is 0.444 e. The predicted octanol–water partition coefficient (Wildman–Crippen LogP) is 2.15.